The number of ether oxygens (including phenoxy) is 3. The number of hydrogen-bond acceptors (Lipinski definition) is 9. The molecule has 3 fully saturated rings. The van der Waals surface area contributed by atoms with Crippen LogP contribution >= 0.6 is 0 Å². The predicted octanol–water partition coefficient (Wildman–Crippen LogP) is -0.934. The predicted molar refractivity (Wildman–Crippen MR) is 112 cm³/mol. The Hall–Kier alpha value is -1.66. The third-order valence-corrected chi connectivity index (χ3v) is 6.83. The number of aliphatic hydroxyl groups is 3. The summed E-state index contributed by atoms with van der Waals surface area (Å²) in [5.74, 6) is -2.72. The van der Waals surface area contributed by atoms with Crippen LogP contribution in [0.5, 0.6) is 0 Å². The second kappa shape index (κ2) is 9.30. The molecule has 0 radical (unpaired) electrons. The Morgan fingerprint density at radius 1 is 1.25 bits per heavy atom. The third kappa shape index (κ3) is 4.16. The fraction of sp³-hybridized carbons (Fsp3) is 0.727. The van der Waals surface area contributed by atoms with Crippen LogP contribution in [0.25, 0.3) is 0 Å². The second-order valence-electron chi connectivity index (χ2n) is 8.94. The summed E-state index contributed by atoms with van der Waals surface area (Å²) >= 11 is 0. The Bertz CT molecular complexity index is 799. The van der Waals surface area contributed by atoms with E-state index in [4.69, 9.17) is 14.2 Å². The highest BCUT2D eigenvalue weighted by Crippen LogP contribution is 2.43. The molecule has 0 spiro atoms. The minimum atomic E-state index is -1.99. The summed E-state index contributed by atoms with van der Waals surface area (Å²) in [7, 11) is 1.68. The number of pyridine rings is 1. The fourth-order valence-corrected chi connectivity index (χ4v) is 5.15. The van der Waals surface area contributed by atoms with Gasteiger partial charge in [-0.15, -0.1) is 0 Å². The topological polar surface area (TPSA) is 142 Å². The molecule has 10 heteroatoms. The van der Waals surface area contributed by atoms with Crippen LogP contribution in [0.15, 0.2) is 24.4 Å². The maximum absolute atomic E-state index is 12.7. The van der Waals surface area contributed by atoms with Crippen molar-refractivity contribution >= 4 is 5.91 Å². The summed E-state index contributed by atoms with van der Waals surface area (Å²) in [6.07, 6.45) is -2.56. The van der Waals surface area contributed by atoms with Crippen molar-refractivity contribution < 1.29 is 34.3 Å². The maximum atomic E-state index is 12.7. The first-order chi connectivity index (χ1) is 15.3. The molecule has 3 aliphatic rings. The molecule has 0 aromatic carbocycles. The molecule has 5 N–H and O–H groups in total. The minimum Gasteiger partial charge on any atom is -0.391 e. The van der Waals surface area contributed by atoms with Gasteiger partial charge in [-0.05, 0) is 38.9 Å². The van der Waals surface area contributed by atoms with Crippen LogP contribution in [0.4, 0.5) is 0 Å². The summed E-state index contributed by atoms with van der Waals surface area (Å²) in [5, 5.41) is 39.1. The number of aromatic nitrogens is 1. The van der Waals surface area contributed by atoms with Gasteiger partial charge in [0.15, 0.2) is 0 Å². The van der Waals surface area contributed by atoms with Crippen molar-refractivity contribution in [1.29, 1.82) is 0 Å². The zero-order valence-corrected chi connectivity index (χ0v) is 18.5. The van der Waals surface area contributed by atoms with E-state index in [1.807, 2.05) is 13.8 Å². The van der Waals surface area contributed by atoms with E-state index in [0.717, 1.165) is 0 Å². The molecule has 10 nitrogen and oxygen atoms in total. The van der Waals surface area contributed by atoms with Crippen LogP contribution in [-0.4, -0.2) is 87.9 Å². The molecule has 3 heterocycles. The highest BCUT2D eigenvalue weighted by atomic mass is 16.8. The quantitative estimate of drug-likeness (QED) is 0.384. The normalized spacial score (nSPS) is 43.8. The highest BCUT2D eigenvalue weighted by molar-refractivity contribution is 5.78. The van der Waals surface area contributed by atoms with Crippen molar-refractivity contribution in [2.75, 3.05) is 7.05 Å². The van der Waals surface area contributed by atoms with Gasteiger partial charge in [0.1, 0.15) is 12.2 Å². The summed E-state index contributed by atoms with van der Waals surface area (Å²) in [6.45, 7) is 3.70. The maximum Gasteiger partial charge on any atom is 0.239 e. The van der Waals surface area contributed by atoms with E-state index >= 15 is 0 Å². The Labute approximate surface area is 187 Å². The number of carbonyl (C=O) groups is 1. The summed E-state index contributed by atoms with van der Waals surface area (Å²) in [6, 6.07) is 3.93. The number of hydrogen-bond donors (Lipinski definition) is 5. The second-order valence-corrected chi connectivity index (χ2v) is 8.94. The number of carbonyl (C=O) groups excluding carboxylic acids is 1. The molecule has 2 aliphatic heterocycles. The lowest BCUT2D eigenvalue weighted by Gasteiger charge is -2.58. The van der Waals surface area contributed by atoms with E-state index in [0.29, 0.717) is 18.5 Å². The monoisotopic (exact) mass is 451 g/mol. The molecule has 1 aliphatic carbocycles. The standard InChI is InChI=1S/C22H33N3O7/c1-4-13-17(27)16(23-3)19-20(18(13)28)31-21-22(29,32-19)14(9-11(2)30-21)25-15(26)10-12-7-5-6-8-24-12/h5-8,11,13-14,16-21,23,27-29H,4,9-10H2,1-3H3,(H,25,26)/t11-,13-,14-,16+,17+,18-,19?,20?,21?,22+/m1/s1. The molecule has 2 saturated heterocycles. The average Bonchev–Trinajstić information content (AvgIpc) is 2.75. The molecule has 10 atom stereocenters. The molecule has 178 valence electrons. The fourth-order valence-electron chi connectivity index (χ4n) is 5.15. The van der Waals surface area contributed by atoms with Crippen LogP contribution in [0.1, 0.15) is 32.4 Å². The van der Waals surface area contributed by atoms with Gasteiger partial charge < -0.3 is 40.2 Å². The van der Waals surface area contributed by atoms with Crippen LogP contribution < -0.4 is 10.6 Å². The largest absolute Gasteiger partial charge is 0.391 e. The van der Waals surface area contributed by atoms with E-state index in [-0.39, 0.29) is 18.4 Å². The van der Waals surface area contributed by atoms with Gasteiger partial charge in [0.05, 0.1) is 36.8 Å². The first kappa shape index (κ1) is 23.5. The van der Waals surface area contributed by atoms with E-state index < -0.39 is 54.5 Å². The lowest BCUT2D eigenvalue weighted by Crippen LogP contribution is -2.77. The van der Waals surface area contributed by atoms with Crippen LogP contribution in [0.3, 0.4) is 0 Å². The Kier molecular flexibility index (Phi) is 6.83. The molecule has 4 rings (SSSR count). The number of aliphatic hydroxyl groups excluding tert-OH is 2. The first-order valence-electron chi connectivity index (χ1n) is 11.2. The Morgan fingerprint density at radius 2 is 2.03 bits per heavy atom. The van der Waals surface area contributed by atoms with E-state index in [1.54, 1.807) is 31.4 Å². The molecule has 3 unspecified atom stereocenters. The van der Waals surface area contributed by atoms with Crippen molar-refractivity contribution in [3.05, 3.63) is 30.1 Å². The molecule has 1 aromatic heterocycles. The van der Waals surface area contributed by atoms with Gasteiger partial charge in [-0.25, -0.2) is 0 Å². The smallest absolute Gasteiger partial charge is 0.239 e. The Balaban J connectivity index is 1.56. The lowest BCUT2D eigenvalue weighted by atomic mass is 9.74. The van der Waals surface area contributed by atoms with E-state index in [9.17, 15) is 20.1 Å². The van der Waals surface area contributed by atoms with Crippen molar-refractivity contribution in [3.63, 3.8) is 0 Å². The summed E-state index contributed by atoms with van der Waals surface area (Å²) in [5.41, 5.74) is 0.605. The van der Waals surface area contributed by atoms with E-state index in [2.05, 4.69) is 15.6 Å². The van der Waals surface area contributed by atoms with Crippen LogP contribution in [0, 0.1) is 5.92 Å². The molecule has 32 heavy (non-hydrogen) atoms. The molecular formula is C22H33N3O7. The van der Waals surface area contributed by atoms with Crippen molar-refractivity contribution in [2.45, 2.75) is 87.8 Å². The van der Waals surface area contributed by atoms with Crippen molar-refractivity contribution in [2.24, 2.45) is 5.92 Å². The van der Waals surface area contributed by atoms with Gasteiger partial charge in [0, 0.05) is 17.8 Å². The van der Waals surface area contributed by atoms with Crippen LogP contribution in [-0.2, 0) is 25.4 Å². The van der Waals surface area contributed by atoms with Gasteiger partial charge >= 0.3 is 0 Å². The molecular weight excluding hydrogens is 418 g/mol. The molecule has 1 amide bonds. The third-order valence-electron chi connectivity index (χ3n) is 6.83. The van der Waals surface area contributed by atoms with Crippen molar-refractivity contribution in [3.8, 4) is 0 Å². The minimum absolute atomic E-state index is 0.0506. The number of likely N-dealkylation sites (N-methyl/N-ethyl adjacent to an activating group) is 1. The SMILES string of the molecule is CC[C@@H]1[C@H](O)[C@H](NC)C2O[C@]3(O)C(OC2[C@@H]1O)O[C@H](C)C[C@H]3NC(=O)Cc1ccccn1. The molecule has 1 aromatic rings. The number of nitrogens with zero attached hydrogens (tertiary/aromatic N) is 1. The molecule has 0 bridgehead atoms. The molecule has 1 saturated carbocycles. The zero-order valence-electron chi connectivity index (χ0n) is 18.5. The van der Waals surface area contributed by atoms with Gasteiger partial charge in [0.25, 0.3) is 0 Å². The van der Waals surface area contributed by atoms with E-state index in [1.165, 1.54) is 0 Å². The van der Waals surface area contributed by atoms with Gasteiger partial charge in [-0.1, -0.05) is 13.0 Å². The number of fused-ring (bicyclic) bond motifs is 2. The summed E-state index contributed by atoms with van der Waals surface area (Å²) < 4.78 is 18.0. The highest BCUT2D eigenvalue weighted by Gasteiger charge is 2.63. The van der Waals surface area contributed by atoms with Gasteiger partial charge in [-0.3, -0.25) is 9.78 Å². The van der Waals surface area contributed by atoms with Crippen molar-refractivity contribution in [1.82, 2.24) is 15.6 Å². The number of rotatable bonds is 5. The Morgan fingerprint density at radius 3 is 2.69 bits per heavy atom. The zero-order chi connectivity index (χ0) is 23.0. The van der Waals surface area contributed by atoms with Gasteiger partial charge in [0.2, 0.25) is 18.0 Å². The average molecular weight is 452 g/mol. The summed E-state index contributed by atoms with van der Waals surface area (Å²) in [4.78, 5) is 16.9. The van der Waals surface area contributed by atoms with Gasteiger partial charge in [-0.2, -0.15) is 0 Å². The number of amides is 1. The first-order valence-corrected chi connectivity index (χ1v) is 11.2. The lowest BCUT2D eigenvalue weighted by molar-refractivity contribution is -0.450. The number of nitrogens with one attached hydrogen (secondary N) is 2. The van der Waals surface area contributed by atoms with Crippen LogP contribution in [0.2, 0.25) is 0 Å².